The van der Waals surface area contributed by atoms with Crippen molar-refractivity contribution in [2.75, 3.05) is 13.7 Å². The first-order chi connectivity index (χ1) is 12.8. The highest BCUT2D eigenvalue weighted by atomic mass is 16.8. The zero-order valence-corrected chi connectivity index (χ0v) is 14.9. The van der Waals surface area contributed by atoms with Crippen LogP contribution in [0, 0.1) is 17.8 Å². The van der Waals surface area contributed by atoms with Gasteiger partial charge in [-0.15, -0.1) is 0 Å². The van der Waals surface area contributed by atoms with Crippen LogP contribution >= 0.6 is 0 Å². The van der Waals surface area contributed by atoms with E-state index in [9.17, 15) is 30.0 Å². The molecule has 2 aliphatic heterocycles. The Balaban J connectivity index is 1.82. The van der Waals surface area contributed by atoms with Crippen molar-refractivity contribution in [3.05, 3.63) is 11.8 Å². The lowest BCUT2D eigenvalue weighted by Crippen LogP contribution is -2.60. The second kappa shape index (κ2) is 7.82. The number of hydrogen-bond acceptors (Lipinski definition) is 10. The summed E-state index contributed by atoms with van der Waals surface area (Å²) in [6, 6.07) is 0. The quantitative estimate of drug-likeness (QED) is 0.400. The van der Waals surface area contributed by atoms with Crippen LogP contribution in [0.4, 0.5) is 0 Å². The van der Waals surface area contributed by atoms with Gasteiger partial charge in [-0.05, 0) is 5.92 Å². The number of Topliss-reactive ketones (excluding diaryl/α,β-unsaturated/α-hetero) is 1. The van der Waals surface area contributed by atoms with Crippen LogP contribution in [0.25, 0.3) is 0 Å². The fourth-order valence-corrected chi connectivity index (χ4v) is 3.96. The number of aliphatic hydroxyl groups is 4. The number of methoxy groups -OCH3 is 1. The molecule has 0 bridgehead atoms. The molecule has 2 heterocycles. The zero-order valence-electron chi connectivity index (χ0n) is 14.9. The molecule has 0 aromatic rings. The lowest BCUT2D eigenvalue weighted by atomic mass is 9.83. The van der Waals surface area contributed by atoms with Gasteiger partial charge in [-0.3, -0.25) is 4.79 Å². The average Bonchev–Trinajstić information content (AvgIpc) is 2.96. The second-order valence-corrected chi connectivity index (χ2v) is 7.11. The summed E-state index contributed by atoms with van der Waals surface area (Å²) in [6.45, 7) is 1.22. The number of carbonyl (C=O) groups excluding carboxylic acids is 2. The Morgan fingerprint density at radius 1 is 1.22 bits per heavy atom. The number of rotatable bonds is 4. The van der Waals surface area contributed by atoms with Gasteiger partial charge >= 0.3 is 5.97 Å². The normalized spacial score (nSPS) is 44.3. The van der Waals surface area contributed by atoms with Crippen molar-refractivity contribution in [1.29, 1.82) is 0 Å². The molecule has 4 N–H and O–H groups in total. The first-order valence-corrected chi connectivity index (χ1v) is 8.72. The standard InChI is InChI=1S/C17H24O10/c1-6-3-8(19)11-7(15(23)24-2)5-25-16(10(6)11)27-17-14(22)13(21)12(20)9(4-18)26-17/h5-6,9-14,16-18,20-22H,3-4H2,1-2H3/t6-,9-,10+,11+,12-,13+,14-,16+,17+/m1/s1. The summed E-state index contributed by atoms with van der Waals surface area (Å²) in [5.41, 5.74) is 0.102. The van der Waals surface area contributed by atoms with E-state index in [2.05, 4.69) is 0 Å². The lowest BCUT2D eigenvalue weighted by molar-refractivity contribution is -0.342. The smallest absolute Gasteiger partial charge is 0.337 e. The molecule has 3 rings (SSSR count). The molecule has 9 atom stereocenters. The topological polar surface area (TPSA) is 152 Å². The summed E-state index contributed by atoms with van der Waals surface area (Å²) in [5.74, 6) is -2.28. The molecule has 152 valence electrons. The monoisotopic (exact) mass is 388 g/mol. The number of ketones is 1. The number of hydrogen-bond donors (Lipinski definition) is 4. The predicted octanol–water partition coefficient (Wildman–Crippen LogP) is -1.94. The molecule has 10 heteroatoms. The Morgan fingerprint density at radius 3 is 2.56 bits per heavy atom. The summed E-state index contributed by atoms with van der Waals surface area (Å²) in [4.78, 5) is 24.4. The van der Waals surface area contributed by atoms with E-state index in [0.717, 1.165) is 6.26 Å². The summed E-state index contributed by atoms with van der Waals surface area (Å²) in [7, 11) is 1.21. The van der Waals surface area contributed by atoms with Crippen LogP contribution in [0.3, 0.4) is 0 Å². The fraction of sp³-hybridized carbons (Fsp3) is 0.765. The molecule has 0 aromatic carbocycles. The van der Waals surface area contributed by atoms with Gasteiger partial charge in [0.2, 0.25) is 6.29 Å². The lowest BCUT2D eigenvalue weighted by Gasteiger charge is -2.42. The number of carbonyl (C=O) groups is 2. The van der Waals surface area contributed by atoms with Gasteiger partial charge in [0.25, 0.3) is 0 Å². The Morgan fingerprint density at radius 2 is 1.93 bits per heavy atom. The third kappa shape index (κ3) is 3.48. The number of aliphatic hydroxyl groups excluding tert-OH is 4. The summed E-state index contributed by atoms with van der Waals surface area (Å²) >= 11 is 0. The first kappa shape index (κ1) is 20.2. The largest absolute Gasteiger partial charge is 0.472 e. The fourth-order valence-electron chi connectivity index (χ4n) is 3.96. The van der Waals surface area contributed by atoms with Crippen LogP contribution in [-0.4, -0.2) is 82.9 Å². The highest BCUT2D eigenvalue weighted by Crippen LogP contribution is 2.45. The van der Waals surface area contributed by atoms with E-state index < -0.39 is 61.4 Å². The molecule has 0 spiro atoms. The molecule has 0 radical (unpaired) electrons. The number of esters is 1. The molecular weight excluding hydrogens is 364 g/mol. The molecule has 1 saturated carbocycles. The van der Waals surface area contributed by atoms with Crippen LogP contribution in [-0.2, 0) is 28.5 Å². The van der Waals surface area contributed by atoms with Crippen molar-refractivity contribution in [3.63, 3.8) is 0 Å². The highest BCUT2D eigenvalue weighted by Gasteiger charge is 2.54. The van der Waals surface area contributed by atoms with Crippen LogP contribution in [0.2, 0.25) is 0 Å². The van der Waals surface area contributed by atoms with Crippen molar-refractivity contribution < 1.29 is 49.0 Å². The predicted molar refractivity (Wildman–Crippen MR) is 85.6 cm³/mol. The zero-order chi connectivity index (χ0) is 19.9. The maximum Gasteiger partial charge on any atom is 0.337 e. The van der Waals surface area contributed by atoms with Crippen molar-refractivity contribution in [2.24, 2.45) is 17.8 Å². The van der Waals surface area contributed by atoms with Crippen molar-refractivity contribution in [3.8, 4) is 0 Å². The summed E-state index contributed by atoms with van der Waals surface area (Å²) in [5, 5.41) is 39.1. The van der Waals surface area contributed by atoms with Gasteiger partial charge < -0.3 is 39.4 Å². The Labute approximate surface area is 155 Å². The molecule has 0 amide bonds. The van der Waals surface area contributed by atoms with Crippen LogP contribution in [0.1, 0.15) is 13.3 Å². The molecule has 3 aliphatic rings. The third-order valence-electron chi connectivity index (χ3n) is 5.43. The maximum absolute atomic E-state index is 12.4. The molecule has 0 aromatic heterocycles. The minimum atomic E-state index is -1.59. The average molecular weight is 388 g/mol. The van der Waals surface area contributed by atoms with Crippen molar-refractivity contribution in [1.82, 2.24) is 0 Å². The molecule has 27 heavy (non-hydrogen) atoms. The highest BCUT2D eigenvalue weighted by molar-refractivity contribution is 5.99. The van der Waals surface area contributed by atoms with Crippen LogP contribution in [0.5, 0.6) is 0 Å². The van der Waals surface area contributed by atoms with Gasteiger partial charge in [-0.25, -0.2) is 4.79 Å². The third-order valence-corrected chi connectivity index (χ3v) is 5.43. The first-order valence-electron chi connectivity index (χ1n) is 8.72. The van der Waals surface area contributed by atoms with Gasteiger partial charge in [0.15, 0.2) is 6.29 Å². The van der Waals surface area contributed by atoms with E-state index in [1.807, 2.05) is 6.92 Å². The minimum absolute atomic E-state index is 0.102. The summed E-state index contributed by atoms with van der Waals surface area (Å²) in [6.07, 6.45) is -6.93. The Kier molecular flexibility index (Phi) is 5.84. The second-order valence-electron chi connectivity index (χ2n) is 7.11. The Hall–Kier alpha value is -1.56. The molecule has 1 aliphatic carbocycles. The number of ether oxygens (including phenoxy) is 4. The molecular formula is C17H24O10. The molecule has 10 nitrogen and oxygen atoms in total. The van der Waals surface area contributed by atoms with E-state index in [1.54, 1.807) is 0 Å². The minimum Gasteiger partial charge on any atom is -0.472 e. The summed E-state index contributed by atoms with van der Waals surface area (Å²) < 4.78 is 21.2. The van der Waals surface area contributed by atoms with Gasteiger partial charge in [0.05, 0.1) is 31.5 Å². The van der Waals surface area contributed by atoms with E-state index in [0.29, 0.717) is 0 Å². The van der Waals surface area contributed by atoms with E-state index in [1.165, 1.54) is 7.11 Å². The van der Waals surface area contributed by atoms with Gasteiger partial charge in [-0.2, -0.15) is 0 Å². The van der Waals surface area contributed by atoms with Crippen LogP contribution < -0.4 is 0 Å². The van der Waals surface area contributed by atoms with E-state index in [4.69, 9.17) is 18.9 Å². The van der Waals surface area contributed by atoms with Crippen molar-refractivity contribution in [2.45, 2.75) is 50.3 Å². The van der Waals surface area contributed by atoms with Crippen molar-refractivity contribution >= 4 is 11.8 Å². The molecule has 1 saturated heterocycles. The molecule has 2 fully saturated rings. The van der Waals surface area contributed by atoms with E-state index in [-0.39, 0.29) is 23.7 Å². The SMILES string of the molecule is COC(=O)C1=CO[C@@H](O[C@@H]2O[C@H](CO)[C@@H](O)[C@H](O)[C@H]2O)[C@@H]2[C@@H]1C(=O)C[C@H]2C. The van der Waals surface area contributed by atoms with E-state index >= 15 is 0 Å². The van der Waals surface area contributed by atoms with Gasteiger partial charge in [0, 0.05) is 12.3 Å². The maximum atomic E-state index is 12.4. The van der Waals surface area contributed by atoms with Gasteiger partial charge in [-0.1, -0.05) is 6.92 Å². The van der Waals surface area contributed by atoms with Gasteiger partial charge in [0.1, 0.15) is 30.2 Å². The number of fused-ring (bicyclic) bond motifs is 1. The Bertz CT molecular complexity index is 617. The van der Waals surface area contributed by atoms with Crippen LogP contribution in [0.15, 0.2) is 11.8 Å². The molecule has 0 unspecified atom stereocenters.